The highest BCUT2D eigenvalue weighted by Crippen LogP contribution is 2.22. The van der Waals surface area contributed by atoms with Gasteiger partial charge in [0.05, 0.1) is 8.07 Å². The number of carbonyl (C=O) groups is 3. The molecule has 1 aromatic carbocycles. The molecule has 0 aliphatic rings. The minimum Gasteiger partial charge on any atom is -0.445 e. The third-order valence-electron chi connectivity index (χ3n) is 3.48. The summed E-state index contributed by atoms with van der Waals surface area (Å²) in [6.07, 6.45) is -7.80. The Balaban J connectivity index is 2.54. The number of alkyl halides is 3. The average molecular weight is 450 g/mol. The summed E-state index contributed by atoms with van der Waals surface area (Å²) in [5.74, 6) is -3.59. The zero-order valence-electron chi connectivity index (χ0n) is 16.8. The number of esters is 2. The molecule has 0 saturated carbocycles. The first-order valence-electron chi connectivity index (χ1n) is 8.96. The van der Waals surface area contributed by atoms with Crippen LogP contribution in [0.3, 0.4) is 0 Å². The van der Waals surface area contributed by atoms with E-state index in [4.69, 9.17) is 15.2 Å². The van der Waals surface area contributed by atoms with Crippen LogP contribution in [0.25, 0.3) is 0 Å². The summed E-state index contributed by atoms with van der Waals surface area (Å²) in [5, 5.41) is 2.25. The van der Waals surface area contributed by atoms with Gasteiger partial charge in [-0.3, -0.25) is 4.79 Å². The Morgan fingerprint density at radius 3 is 2.23 bits per heavy atom. The number of alkyl carbamates (subject to hydrolysis) is 1. The van der Waals surface area contributed by atoms with Gasteiger partial charge in [0.2, 0.25) is 6.29 Å². The summed E-state index contributed by atoms with van der Waals surface area (Å²) < 4.78 is 51.4. The highest BCUT2D eigenvalue weighted by Gasteiger charge is 2.43. The largest absolute Gasteiger partial charge is 0.491 e. The summed E-state index contributed by atoms with van der Waals surface area (Å²) in [4.78, 5) is 34.8. The monoisotopic (exact) mass is 450 g/mol. The van der Waals surface area contributed by atoms with Crippen molar-refractivity contribution in [3.05, 3.63) is 35.9 Å². The molecule has 168 valence electrons. The van der Waals surface area contributed by atoms with Gasteiger partial charge in [0.1, 0.15) is 12.6 Å². The van der Waals surface area contributed by atoms with Crippen molar-refractivity contribution in [1.29, 1.82) is 0 Å². The molecule has 0 saturated heterocycles. The van der Waals surface area contributed by atoms with Crippen LogP contribution in [0.5, 0.6) is 0 Å². The number of hydrogen-bond donors (Lipinski definition) is 2. The number of carbonyl (C=O) groups excluding carboxylic acids is 3. The lowest BCUT2D eigenvalue weighted by atomic mass is 10.2. The highest BCUT2D eigenvalue weighted by molar-refractivity contribution is 6.76. The second kappa shape index (κ2) is 11.0. The molecule has 12 heteroatoms. The lowest BCUT2D eigenvalue weighted by molar-refractivity contribution is -0.223. The van der Waals surface area contributed by atoms with Crippen LogP contribution in [0.4, 0.5) is 18.0 Å². The summed E-state index contributed by atoms with van der Waals surface area (Å²) >= 11 is 0. The molecule has 0 spiro atoms. The molecular formula is C18H25F3N2O6Si. The molecule has 1 unspecified atom stereocenters. The summed E-state index contributed by atoms with van der Waals surface area (Å²) in [6.45, 7) is 4.98. The summed E-state index contributed by atoms with van der Waals surface area (Å²) in [5.41, 5.74) is 6.35. The van der Waals surface area contributed by atoms with Gasteiger partial charge < -0.3 is 25.3 Å². The Kier molecular flexibility index (Phi) is 9.30. The van der Waals surface area contributed by atoms with Crippen molar-refractivity contribution < 1.29 is 41.8 Å². The standard InChI is InChI=1S/C18H25F3N2O6Si/c1-30(2,3)11-14(29-16(25)18(19,20)21)28-15(24)13(22)9-23-17(26)27-10-12-7-5-4-6-8-12/h4-8,13-14H,9-11,22H2,1-3H3,(H,23,26)/t13-,14?/m1/s1. The van der Waals surface area contributed by atoms with Crippen LogP contribution >= 0.6 is 0 Å². The van der Waals surface area contributed by atoms with E-state index in [1.165, 1.54) is 0 Å². The number of ether oxygens (including phenoxy) is 3. The molecule has 1 aromatic rings. The first-order chi connectivity index (χ1) is 13.8. The average Bonchev–Trinajstić information content (AvgIpc) is 2.62. The van der Waals surface area contributed by atoms with Crippen molar-refractivity contribution in [1.82, 2.24) is 5.32 Å². The Morgan fingerprint density at radius 1 is 1.10 bits per heavy atom. The van der Waals surface area contributed by atoms with E-state index >= 15 is 0 Å². The highest BCUT2D eigenvalue weighted by atomic mass is 28.3. The molecule has 0 heterocycles. The molecule has 0 radical (unpaired) electrons. The summed E-state index contributed by atoms with van der Waals surface area (Å²) in [6, 6.07) is 7.38. The molecule has 0 bridgehead atoms. The van der Waals surface area contributed by atoms with Gasteiger partial charge >= 0.3 is 24.2 Å². The van der Waals surface area contributed by atoms with Crippen molar-refractivity contribution >= 4 is 26.1 Å². The van der Waals surface area contributed by atoms with E-state index in [1.807, 2.05) is 0 Å². The molecule has 2 atom stereocenters. The Labute approximate surface area is 172 Å². The first kappa shape index (κ1) is 25.4. The number of rotatable bonds is 9. The van der Waals surface area contributed by atoms with Crippen molar-refractivity contribution in [2.45, 2.75) is 50.8 Å². The van der Waals surface area contributed by atoms with Crippen LogP contribution in [0.1, 0.15) is 5.56 Å². The normalized spacial score (nSPS) is 13.7. The Morgan fingerprint density at radius 2 is 1.70 bits per heavy atom. The van der Waals surface area contributed by atoms with Crippen LogP contribution in [0, 0.1) is 0 Å². The van der Waals surface area contributed by atoms with Gasteiger partial charge in [0.15, 0.2) is 0 Å². The molecule has 3 N–H and O–H groups in total. The number of halogens is 3. The Hall–Kier alpha value is -2.60. The van der Waals surface area contributed by atoms with Crippen molar-refractivity contribution in [3.8, 4) is 0 Å². The van der Waals surface area contributed by atoms with E-state index < -0.39 is 44.6 Å². The quantitative estimate of drug-likeness (QED) is 0.337. The topological polar surface area (TPSA) is 117 Å². The maximum absolute atomic E-state index is 12.5. The summed E-state index contributed by atoms with van der Waals surface area (Å²) in [7, 11) is -2.08. The molecule has 0 aliphatic heterocycles. The van der Waals surface area contributed by atoms with Gasteiger partial charge in [-0.2, -0.15) is 13.2 Å². The molecule has 8 nitrogen and oxygen atoms in total. The Bertz CT molecular complexity index is 725. The van der Waals surface area contributed by atoms with E-state index in [9.17, 15) is 27.6 Å². The lowest BCUT2D eigenvalue weighted by Gasteiger charge is -2.25. The molecule has 1 rings (SSSR count). The molecule has 1 amide bonds. The molecule has 0 aliphatic carbocycles. The van der Waals surface area contributed by atoms with Crippen LogP contribution in [-0.2, 0) is 30.4 Å². The SMILES string of the molecule is C[Si](C)(C)CC(OC(=O)[C@H](N)CNC(=O)OCc1ccccc1)OC(=O)C(F)(F)F. The molecule has 0 fully saturated rings. The van der Waals surface area contributed by atoms with Crippen molar-refractivity contribution in [3.63, 3.8) is 0 Å². The van der Waals surface area contributed by atoms with Crippen LogP contribution < -0.4 is 11.1 Å². The maximum atomic E-state index is 12.5. The number of hydrogen-bond acceptors (Lipinski definition) is 7. The third-order valence-corrected chi connectivity index (χ3v) is 5.04. The van der Waals surface area contributed by atoms with E-state index in [0.29, 0.717) is 0 Å². The van der Waals surface area contributed by atoms with Gasteiger partial charge in [0, 0.05) is 12.6 Å². The zero-order valence-corrected chi connectivity index (χ0v) is 17.8. The van der Waals surface area contributed by atoms with Crippen molar-refractivity contribution in [2.24, 2.45) is 5.73 Å². The second-order valence-corrected chi connectivity index (χ2v) is 13.1. The predicted molar refractivity (Wildman–Crippen MR) is 103 cm³/mol. The third kappa shape index (κ3) is 10.3. The fraction of sp³-hybridized carbons (Fsp3) is 0.500. The number of nitrogens with one attached hydrogen (secondary N) is 1. The fourth-order valence-electron chi connectivity index (χ4n) is 2.06. The second-order valence-electron chi connectivity index (χ2n) is 7.58. The van der Waals surface area contributed by atoms with Crippen LogP contribution in [0.2, 0.25) is 25.7 Å². The van der Waals surface area contributed by atoms with Crippen LogP contribution in [0.15, 0.2) is 30.3 Å². The number of amides is 1. The predicted octanol–water partition coefficient (Wildman–Crippen LogP) is 2.55. The molecular weight excluding hydrogens is 425 g/mol. The van der Waals surface area contributed by atoms with E-state index in [2.05, 4.69) is 10.1 Å². The fourth-order valence-corrected chi connectivity index (χ4v) is 3.23. The molecule has 30 heavy (non-hydrogen) atoms. The van der Waals surface area contributed by atoms with E-state index in [0.717, 1.165) is 5.56 Å². The lowest BCUT2D eigenvalue weighted by Crippen LogP contribution is -2.46. The van der Waals surface area contributed by atoms with Gasteiger partial charge in [-0.25, -0.2) is 9.59 Å². The van der Waals surface area contributed by atoms with Crippen molar-refractivity contribution in [2.75, 3.05) is 6.54 Å². The number of nitrogens with two attached hydrogens (primary N) is 1. The number of benzene rings is 1. The first-order valence-corrected chi connectivity index (χ1v) is 12.7. The zero-order chi connectivity index (χ0) is 22.9. The van der Waals surface area contributed by atoms with Gasteiger partial charge in [0.25, 0.3) is 0 Å². The van der Waals surface area contributed by atoms with Gasteiger partial charge in [-0.05, 0) is 5.56 Å². The van der Waals surface area contributed by atoms with Gasteiger partial charge in [-0.1, -0.05) is 50.0 Å². The van der Waals surface area contributed by atoms with Crippen LogP contribution in [-0.4, -0.2) is 51.2 Å². The maximum Gasteiger partial charge on any atom is 0.491 e. The molecule has 0 aromatic heterocycles. The van der Waals surface area contributed by atoms with Gasteiger partial charge in [-0.15, -0.1) is 0 Å². The van der Waals surface area contributed by atoms with E-state index in [-0.39, 0.29) is 19.2 Å². The minimum absolute atomic E-state index is 0.00195. The van der Waals surface area contributed by atoms with E-state index in [1.54, 1.807) is 50.0 Å². The smallest absolute Gasteiger partial charge is 0.445 e. The minimum atomic E-state index is -5.23.